The molecule has 0 spiro atoms. The van der Waals surface area contributed by atoms with Crippen LogP contribution >= 0.6 is 11.3 Å². The van der Waals surface area contributed by atoms with Gasteiger partial charge < -0.3 is 4.90 Å². The molecule has 6 nitrogen and oxygen atoms in total. The number of nitrogens with zero attached hydrogens (tertiary/aromatic N) is 3. The van der Waals surface area contributed by atoms with Gasteiger partial charge in [0.2, 0.25) is 5.91 Å². The number of benzene rings is 2. The fourth-order valence-corrected chi connectivity index (χ4v) is 5.87. The number of sulfone groups is 1. The minimum Gasteiger partial charge on any atom is -0.302 e. The first kappa shape index (κ1) is 25.3. The molecule has 0 bridgehead atoms. The van der Waals surface area contributed by atoms with Gasteiger partial charge in [0.25, 0.3) is 0 Å². The number of likely N-dealkylation sites (N-methyl/N-ethyl adjacent to an activating group) is 1. The highest BCUT2D eigenvalue weighted by atomic mass is 32.2. The number of hydrogen-bond donors (Lipinski definition) is 0. The molecule has 3 rings (SSSR count). The second kappa shape index (κ2) is 11.2. The van der Waals surface area contributed by atoms with Crippen molar-refractivity contribution < 1.29 is 17.6 Å². The predicted octanol–water partition coefficient (Wildman–Crippen LogP) is 4.67. The van der Waals surface area contributed by atoms with Crippen LogP contribution in [0.4, 0.5) is 9.52 Å². The van der Waals surface area contributed by atoms with Gasteiger partial charge in [-0.3, -0.25) is 9.69 Å². The molecular formula is C24H30FN3O3S2. The van der Waals surface area contributed by atoms with Crippen molar-refractivity contribution in [2.45, 2.75) is 38.5 Å². The van der Waals surface area contributed by atoms with Gasteiger partial charge in [-0.15, -0.1) is 0 Å². The number of aryl methyl sites for hydroxylation is 1. The van der Waals surface area contributed by atoms with E-state index in [1.54, 1.807) is 35.2 Å². The maximum absolute atomic E-state index is 13.6. The summed E-state index contributed by atoms with van der Waals surface area (Å²) in [7, 11) is -3.46. The third kappa shape index (κ3) is 6.59. The highest BCUT2D eigenvalue weighted by molar-refractivity contribution is 7.91. The van der Waals surface area contributed by atoms with Crippen molar-refractivity contribution >= 4 is 42.4 Å². The summed E-state index contributed by atoms with van der Waals surface area (Å²) < 4.78 is 39.6. The molecule has 178 valence electrons. The highest BCUT2D eigenvalue weighted by Crippen LogP contribution is 2.30. The molecule has 2 aromatic carbocycles. The Morgan fingerprint density at radius 1 is 1.06 bits per heavy atom. The summed E-state index contributed by atoms with van der Waals surface area (Å²) in [4.78, 5) is 21.8. The monoisotopic (exact) mass is 491 g/mol. The van der Waals surface area contributed by atoms with Crippen LogP contribution in [0.1, 0.15) is 32.3 Å². The Morgan fingerprint density at radius 3 is 2.42 bits per heavy atom. The molecule has 0 aliphatic rings. The van der Waals surface area contributed by atoms with Crippen LogP contribution in [0.3, 0.4) is 0 Å². The smallest absolute Gasteiger partial charge is 0.228 e. The minimum absolute atomic E-state index is 0.0909. The molecule has 0 unspecified atom stereocenters. The summed E-state index contributed by atoms with van der Waals surface area (Å²) in [5.74, 6) is -0.627. The molecule has 0 N–H and O–H groups in total. The van der Waals surface area contributed by atoms with Crippen LogP contribution in [-0.4, -0.2) is 56.1 Å². The van der Waals surface area contributed by atoms with E-state index in [1.165, 1.54) is 23.5 Å². The number of anilines is 1. The largest absolute Gasteiger partial charge is 0.302 e. The Labute approximate surface area is 199 Å². The maximum atomic E-state index is 13.6. The van der Waals surface area contributed by atoms with Gasteiger partial charge in [0, 0.05) is 19.5 Å². The van der Waals surface area contributed by atoms with Gasteiger partial charge in [-0.25, -0.2) is 17.8 Å². The van der Waals surface area contributed by atoms with Crippen LogP contribution in [0.25, 0.3) is 10.2 Å². The van der Waals surface area contributed by atoms with Gasteiger partial charge in [-0.05, 0) is 56.8 Å². The zero-order valence-electron chi connectivity index (χ0n) is 19.3. The lowest BCUT2D eigenvalue weighted by atomic mass is 10.2. The molecule has 1 amide bonds. The lowest BCUT2D eigenvalue weighted by Gasteiger charge is -2.24. The number of rotatable bonds is 11. The average Bonchev–Trinajstić information content (AvgIpc) is 3.19. The maximum Gasteiger partial charge on any atom is 0.228 e. The Bertz CT molecular complexity index is 1190. The summed E-state index contributed by atoms with van der Waals surface area (Å²) in [5, 5.41) is 0.508. The molecule has 0 atom stereocenters. The quantitative estimate of drug-likeness (QED) is 0.390. The van der Waals surface area contributed by atoms with Crippen LogP contribution in [0.5, 0.6) is 0 Å². The second-order valence-electron chi connectivity index (χ2n) is 7.92. The van der Waals surface area contributed by atoms with E-state index in [4.69, 9.17) is 0 Å². The lowest BCUT2D eigenvalue weighted by Crippen LogP contribution is -2.38. The molecule has 0 saturated heterocycles. The molecular weight excluding hydrogens is 461 g/mol. The molecule has 0 aliphatic heterocycles. The number of carbonyl (C=O) groups is 1. The predicted molar refractivity (Wildman–Crippen MR) is 132 cm³/mol. The lowest BCUT2D eigenvalue weighted by molar-refractivity contribution is -0.118. The zero-order valence-corrected chi connectivity index (χ0v) is 20.9. The van der Waals surface area contributed by atoms with Crippen molar-refractivity contribution in [3.63, 3.8) is 0 Å². The molecule has 0 fully saturated rings. The first-order valence-corrected chi connectivity index (χ1v) is 13.6. The molecule has 3 aromatic rings. The number of thiazole rings is 1. The molecule has 33 heavy (non-hydrogen) atoms. The third-order valence-electron chi connectivity index (χ3n) is 5.59. The van der Waals surface area contributed by atoms with E-state index in [0.29, 0.717) is 28.4 Å². The SMILES string of the molecule is CCN(CC)CCN(C(=O)CCCS(=O)(=O)c1ccc(C)cc1)c1nc2ccc(F)cc2s1. The van der Waals surface area contributed by atoms with Gasteiger partial charge in [-0.2, -0.15) is 0 Å². The number of amides is 1. The van der Waals surface area contributed by atoms with E-state index >= 15 is 0 Å². The average molecular weight is 492 g/mol. The van der Waals surface area contributed by atoms with Crippen LogP contribution < -0.4 is 4.90 Å². The van der Waals surface area contributed by atoms with E-state index in [-0.39, 0.29) is 35.2 Å². The first-order chi connectivity index (χ1) is 15.7. The van der Waals surface area contributed by atoms with Crippen molar-refractivity contribution in [1.82, 2.24) is 9.88 Å². The molecule has 0 radical (unpaired) electrons. The number of halogens is 1. The Kier molecular flexibility index (Phi) is 8.56. The standard InChI is InChI=1S/C24H30FN3O3S2/c1-4-27(5-2)14-15-28(24-26-21-13-10-19(25)17-22(21)32-24)23(29)7-6-16-33(30,31)20-11-8-18(3)9-12-20/h8-13,17H,4-7,14-16H2,1-3H3. The van der Waals surface area contributed by atoms with E-state index in [0.717, 1.165) is 18.7 Å². The number of carbonyl (C=O) groups excluding carboxylic acids is 1. The molecule has 9 heteroatoms. The van der Waals surface area contributed by atoms with Gasteiger partial charge in [0.1, 0.15) is 5.82 Å². The molecule has 0 saturated carbocycles. The van der Waals surface area contributed by atoms with Gasteiger partial charge in [0.05, 0.1) is 20.9 Å². The van der Waals surface area contributed by atoms with Crippen LogP contribution in [0.2, 0.25) is 0 Å². The number of fused-ring (bicyclic) bond motifs is 1. The van der Waals surface area contributed by atoms with Crippen molar-refractivity contribution in [3.05, 3.63) is 53.8 Å². The summed E-state index contributed by atoms with van der Waals surface area (Å²) in [5.41, 5.74) is 1.63. The fraction of sp³-hybridized carbons (Fsp3) is 0.417. The van der Waals surface area contributed by atoms with Gasteiger partial charge in [-0.1, -0.05) is 42.9 Å². The fourth-order valence-electron chi connectivity index (χ4n) is 3.52. The van der Waals surface area contributed by atoms with E-state index in [9.17, 15) is 17.6 Å². The molecule has 0 aliphatic carbocycles. The second-order valence-corrected chi connectivity index (χ2v) is 11.0. The summed E-state index contributed by atoms with van der Waals surface area (Å²) >= 11 is 1.27. The van der Waals surface area contributed by atoms with E-state index in [1.807, 2.05) is 6.92 Å². The summed E-state index contributed by atoms with van der Waals surface area (Å²) in [6, 6.07) is 11.1. The molecule has 1 heterocycles. The molecule has 1 aromatic heterocycles. The summed E-state index contributed by atoms with van der Waals surface area (Å²) in [6.45, 7) is 8.85. The first-order valence-electron chi connectivity index (χ1n) is 11.1. The van der Waals surface area contributed by atoms with Crippen molar-refractivity contribution in [1.29, 1.82) is 0 Å². The van der Waals surface area contributed by atoms with Crippen LogP contribution in [0.15, 0.2) is 47.4 Å². The zero-order chi connectivity index (χ0) is 24.0. The van der Waals surface area contributed by atoms with E-state index in [2.05, 4.69) is 23.7 Å². The third-order valence-corrected chi connectivity index (χ3v) is 8.45. The van der Waals surface area contributed by atoms with Gasteiger partial charge in [0.15, 0.2) is 15.0 Å². The van der Waals surface area contributed by atoms with Crippen LogP contribution in [0, 0.1) is 12.7 Å². The highest BCUT2D eigenvalue weighted by Gasteiger charge is 2.22. The topological polar surface area (TPSA) is 70.6 Å². The Morgan fingerprint density at radius 2 is 1.76 bits per heavy atom. The Hall–Kier alpha value is -2.36. The van der Waals surface area contributed by atoms with Gasteiger partial charge >= 0.3 is 0 Å². The normalized spacial score (nSPS) is 11.9. The van der Waals surface area contributed by atoms with Crippen LogP contribution in [-0.2, 0) is 14.6 Å². The van der Waals surface area contributed by atoms with Crippen molar-refractivity contribution in [2.75, 3.05) is 36.8 Å². The van der Waals surface area contributed by atoms with E-state index < -0.39 is 9.84 Å². The number of aromatic nitrogens is 1. The Balaban J connectivity index is 1.73. The minimum atomic E-state index is -3.46. The number of hydrogen-bond acceptors (Lipinski definition) is 6. The van der Waals surface area contributed by atoms with Crippen molar-refractivity contribution in [2.24, 2.45) is 0 Å². The summed E-state index contributed by atoms with van der Waals surface area (Å²) in [6.07, 6.45) is 0.309. The van der Waals surface area contributed by atoms with Crippen molar-refractivity contribution in [3.8, 4) is 0 Å².